The van der Waals surface area contributed by atoms with Crippen LogP contribution in [-0.4, -0.2) is 37.0 Å². The number of aromatic hydroxyl groups is 2. The van der Waals surface area contributed by atoms with Crippen LogP contribution < -0.4 is 0 Å². The standard InChI is InChI=1S/C29H32N2O5/c1-18-29(36)28(25(33)7-4-8-27(34)35)31-26(30-18)17-19-9-11-20(12-10-19)21-13-15-22(16-14-21)23-5-2-3-6-24(23)32/h2-3,5-6,13-16,19-20,32,36H,4,7-12,17H2,1H3,(H,34,35). The highest BCUT2D eigenvalue weighted by Gasteiger charge is 2.25. The van der Waals surface area contributed by atoms with Crippen LogP contribution in [0.2, 0.25) is 0 Å². The quantitative estimate of drug-likeness (QED) is 0.325. The number of nitrogens with zero attached hydrogens (tertiary/aromatic N) is 2. The molecule has 0 unspecified atom stereocenters. The number of benzene rings is 2. The van der Waals surface area contributed by atoms with Gasteiger partial charge in [0.1, 0.15) is 11.6 Å². The highest BCUT2D eigenvalue weighted by Crippen LogP contribution is 2.38. The molecule has 1 fully saturated rings. The zero-order valence-electron chi connectivity index (χ0n) is 20.5. The van der Waals surface area contributed by atoms with Crippen molar-refractivity contribution < 1.29 is 24.9 Å². The molecule has 3 aromatic rings. The molecule has 36 heavy (non-hydrogen) atoms. The fourth-order valence-electron chi connectivity index (χ4n) is 5.04. The Morgan fingerprint density at radius 1 is 0.917 bits per heavy atom. The number of hydrogen-bond acceptors (Lipinski definition) is 6. The highest BCUT2D eigenvalue weighted by atomic mass is 16.4. The van der Waals surface area contributed by atoms with E-state index < -0.39 is 5.97 Å². The van der Waals surface area contributed by atoms with Gasteiger partial charge in [-0.15, -0.1) is 0 Å². The molecular weight excluding hydrogens is 456 g/mol. The Bertz CT molecular complexity index is 1230. The van der Waals surface area contributed by atoms with Gasteiger partial charge in [0, 0.05) is 24.8 Å². The molecule has 4 rings (SSSR count). The number of aryl methyl sites for hydroxylation is 1. The summed E-state index contributed by atoms with van der Waals surface area (Å²) in [6, 6.07) is 15.8. The summed E-state index contributed by atoms with van der Waals surface area (Å²) in [5.74, 6) is 0.208. The van der Waals surface area contributed by atoms with Crippen molar-refractivity contribution >= 4 is 11.8 Å². The Labute approximate surface area is 210 Å². The molecule has 7 nitrogen and oxygen atoms in total. The SMILES string of the molecule is Cc1nc(CC2CCC(c3ccc(-c4ccccc4O)cc3)CC2)nc(C(=O)CCCC(=O)O)c1O. The molecule has 1 aliphatic rings. The summed E-state index contributed by atoms with van der Waals surface area (Å²) in [6.45, 7) is 1.66. The van der Waals surface area contributed by atoms with E-state index in [1.54, 1.807) is 13.0 Å². The van der Waals surface area contributed by atoms with Gasteiger partial charge in [-0.25, -0.2) is 9.97 Å². The van der Waals surface area contributed by atoms with Gasteiger partial charge < -0.3 is 15.3 Å². The van der Waals surface area contributed by atoms with Crippen molar-refractivity contribution in [2.75, 3.05) is 0 Å². The molecule has 0 spiro atoms. The molecule has 1 heterocycles. The van der Waals surface area contributed by atoms with E-state index in [2.05, 4.69) is 34.2 Å². The number of phenolic OH excluding ortho intramolecular Hbond substituents is 1. The second-order valence-electron chi connectivity index (χ2n) is 9.65. The van der Waals surface area contributed by atoms with E-state index in [-0.39, 0.29) is 42.2 Å². The van der Waals surface area contributed by atoms with Crippen LogP contribution in [0.5, 0.6) is 11.5 Å². The third kappa shape index (κ3) is 6.08. The largest absolute Gasteiger partial charge is 0.507 e. The number of para-hydroxylation sites is 1. The van der Waals surface area contributed by atoms with Crippen LogP contribution in [0, 0.1) is 12.8 Å². The normalized spacial score (nSPS) is 17.6. The number of carbonyl (C=O) groups is 2. The number of aliphatic carboxylic acids is 1. The number of aromatic nitrogens is 2. The molecule has 0 atom stereocenters. The monoisotopic (exact) mass is 488 g/mol. The van der Waals surface area contributed by atoms with Crippen molar-refractivity contribution in [1.29, 1.82) is 0 Å². The first kappa shape index (κ1) is 25.4. The Hall–Kier alpha value is -3.74. The van der Waals surface area contributed by atoms with Crippen molar-refractivity contribution in [2.24, 2.45) is 5.92 Å². The second kappa shape index (κ2) is 11.3. The third-order valence-electron chi connectivity index (χ3n) is 7.08. The number of hydrogen-bond donors (Lipinski definition) is 3. The van der Waals surface area contributed by atoms with E-state index in [4.69, 9.17) is 5.11 Å². The van der Waals surface area contributed by atoms with Crippen molar-refractivity contribution in [1.82, 2.24) is 9.97 Å². The maximum absolute atomic E-state index is 12.5. The number of carbonyl (C=O) groups excluding carboxylic acids is 1. The maximum Gasteiger partial charge on any atom is 0.303 e. The molecule has 1 saturated carbocycles. The molecule has 0 bridgehead atoms. The first-order valence-corrected chi connectivity index (χ1v) is 12.5. The lowest BCUT2D eigenvalue weighted by molar-refractivity contribution is -0.137. The van der Waals surface area contributed by atoms with Gasteiger partial charge >= 0.3 is 5.97 Å². The van der Waals surface area contributed by atoms with Crippen LogP contribution in [0.1, 0.15) is 78.4 Å². The Morgan fingerprint density at radius 2 is 1.61 bits per heavy atom. The van der Waals surface area contributed by atoms with Crippen LogP contribution in [0.3, 0.4) is 0 Å². The topological polar surface area (TPSA) is 121 Å². The van der Waals surface area contributed by atoms with Gasteiger partial charge in [-0.1, -0.05) is 42.5 Å². The Morgan fingerprint density at radius 3 is 2.28 bits per heavy atom. The fourth-order valence-corrected chi connectivity index (χ4v) is 5.04. The van der Waals surface area contributed by atoms with E-state index >= 15 is 0 Å². The first-order chi connectivity index (χ1) is 17.3. The minimum Gasteiger partial charge on any atom is -0.507 e. The molecule has 3 N–H and O–H groups in total. The zero-order valence-corrected chi connectivity index (χ0v) is 20.5. The summed E-state index contributed by atoms with van der Waals surface area (Å²) in [7, 11) is 0. The van der Waals surface area contributed by atoms with Crippen LogP contribution in [0.15, 0.2) is 48.5 Å². The predicted molar refractivity (Wildman–Crippen MR) is 136 cm³/mol. The van der Waals surface area contributed by atoms with Gasteiger partial charge in [-0.05, 0) is 68.1 Å². The number of carboxylic acids is 1. The average Bonchev–Trinajstić information content (AvgIpc) is 2.87. The summed E-state index contributed by atoms with van der Waals surface area (Å²) < 4.78 is 0. The van der Waals surface area contributed by atoms with Gasteiger partial charge in [0.25, 0.3) is 0 Å². The lowest BCUT2D eigenvalue weighted by Gasteiger charge is -2.28. The minimum atomic E-state index is -0.950. The molecular formula is C29H32N2O5. The first-order valence-electron chi connectivity index (χ1n) is 12.5. The molecule has 188 valence electrons. The van der Waals surface area contributed by atoms with E-state index in [0.717, 1.165) is 36.8 Å². The maximum atomic E-state index is 12.5. The number of ketones is 1. The molecule has 0 saturated heterocycles. The fraction of sp³-hybridized carbons (Fsp3) is 0.379. The summed E-state index contributed by atoms with van der Waals surface area (Å²) in [4.78, 5) is 32.0. The zero-order chi connectivity index (χ0) is 25.7. The highest BCUT2D eigenvalue weighted by molar-refractivity contribution is 5.97. The Kier molecular flexibility index (Phi) is 7.98. The van der Waals surface area contributed by atoms with E-state index in [9.17, 15) is 19.8 Å². The summed E-state index contributed by atoms with van der Waals surface area (Å²) in [6.07, 6.45) is 4.96. The van der Waals surface area contributed by atoms with Gasteiger partial charge in [-0.2, -0.15) is 0 Å². The molecule has 0 amide bonds. The lowest BCUT2D eigenvalue weighted by Crippen LogP contribution is -2.18. The van der Waals surface area contributed by atoms with Gasteiger partial charge in [0.15, 0.2) is 17.2 Å². The minimum absolute atomic E-state index is 0.00103. The predicted octanol–water partition coefficient (Wildman–Crippen LogP) is 5.82. The van der Waals surface area contributed by atoms with Crippen LogP contribution in [-0.2, 0) is 11.2 Å². The lowest BCUT2D eigenvalue weighted by atomic mass is 9.77. The molecule has 1 aliphatic carbocycles. The third-order valence-corrected chi connectivity index (χ3v) is 7.08. The van der Waals surface area contributed by atoms with Gasteiger partial charge in [0.2, 0.25) is 0 Å². The van der Waals surface area contributed by atoms with Crippen molar-refractivity contribution in [3.05, 3.63) is 71.3 Å². The second-order valence-corrected chi connectivity index (χ2v) is 9.65. The molecule has 0 radical (unpaired) electrons. The number of Topliss-reactive ketones (excluding diaryl/α,β-unsaturated/α-hetero) is 1. The van der Waals surface area contributed by atoms with Gasteiger partial charge in [0.05, 0.1) is 5.69 Å². The summed E-state index contributed by atoms with van der Waals surface area (Å²) >= 11 is 0. The van der Waals surface area contributed by atoms with Crippen LogP contribution >= 0.6 is 0 Å². The number of phenols is 1. The van der Waals surface area contributed by atoms with E-state index in [0.29, 0.717) is 29.8 Å². The number of carboxylic acid groups (broad SMARTS) is 1. The molecule has 1 aromatic heterocycles. The molecule has 7 heteroatoms. The average molecular weight is 489 g/mol. The van der Waals surface area contributed by atoms with Crippen molar-refractivity contribution in [3.8, 4) is 22.6 Å². The summed E-state index contributed by atoms with van der Waals surface area (Å²) in [5.41, 5.74) is 3.51. The van der Waals surface area contributed by atoms with Gasteiger partial charge in [-0.3, -0.25) is 9.59 Å². The van der Waals surface area contributed by atoms with Crippen molar-refractivity contribution in [2.45, 2.75) is 64.2 Å². The number of rotatable bonds is 9. The van der Waals surface area contributed by atoms with Crippen molar-refractivity contribution in [3.63, 3.8) is 0 Å². The van der Waals surface area contributed by atoms with Crippen LogP contribution in [0.4, 0.5) is 0 Å². The van der Waals surface area contributed by atoms with E-state index in [1.807, 2.05) is 18.2 Å². The summed E-state index contributed by atoms with van der Waals surface area (Å²) in [5, 5.41) is 29.2. The van der Waals surface area contributed by atoms with Crippen LogP contribution in [0.25, 0.3) is 11.1 Å². The molecule has 2 aromatic carbocycles. The smallest absolute Gasteiger partial charge is 0.303 e. The Balaban J connectivity index is 1.36. The van der Waals surface area contributed by atoms with E-state index in [1.165, 1.54) is 5.56 Å². The molecule has 0 aliphatic heterocycles.